The van der Waals surface area contributed by atoms with Crippen molar-refractivity contribution < 1.29 is 9.21 Å². The quantitative estimate of drug-likeness (QED) is 0.928. The lowest BCUT2D eigenvalue weighted by atomic mass is 10.2. The van der Waals surface area contributed by atoms with Crippen molar-refractivity contribution in [3.63, 3.8) is 0 Å². The summed E-state index contributed by atoms with van der Waals surface area (Å²) in [6.07, 6.45) is 5.89. The van der Waals surface area contributed by atoms with Crippen LogP contribution >= 0.6 is 24.8 Å². The zero-order chi connectivity index (χ0) is 10.5. The maximum atomic E-state index is 11.4. The minimum absolute atomic E-state index is 0. The van der Waals surface area contributed by atoms with Crippen molar-refractivity contribution in [1.82, 2.24) is 15.3 Å². The number of aromatic nitrogens is 2. The van der Waals surface area contributed by atoms with Gasteiger partial charge in [0, 0.05) is 18.9 Å². The number of halogens is 2. The molecule has 0 aliphatic carbocycles. The summed E-state index contributed by atoms with van der Waals surface area (Å²) in [5.74, 6) is -0.249. The van der Waals surface area contributed by atoms with Crippen molar-refractivity contribution in [2.24, 2.45) is 0 Å². The lowest BCUT2D eigenvalue weighted by molar-refractivity contribution is 0.0946. The third-order valence-corrected chi connectivity index (χ3v) is 1.87. The largest absolute Gasteiger partial charge is 0.451 e. The van der Waals surface area contributed by atoms with E-state index < -0.39 is 0 Å². The standard InChI is InChI=1S/C10H9N3O2.2ClH/c14-10(9-6-15-7-13-9)12-5-8-1-3-11-4-2-8;;/h1-4,6-7H,5H2,(H,12,14);2*1H. The van der Waals surface area contributed by atoms with E-state index in [4.69, 9.17) is 4.42 Å². The fraction of sp³-hybridized carbons (Fsp3) is 0.100. The monoisotopic (exact) mass is 275 g/mol. The van der Waals surface area contributed by atoms with Crippen LogP contribution in [0.1, 0.15) is 16.1 Å². The Morgan fingerprint density at radius 1 is 1.29 bits per heavy atom. The van der Waals surface area contributed by atoms with Gasteiger partial charge in [-0.25, -0.2) is 4.98 Å². The third-order valence-electron chi connectivity index (χ3n) is 1.87. The molecule has 92 valence electrons. The number of oxazole rings is 1. The summed E-state index contributed by atoms with van der Waals surface area (Å²) in [6, 6.07) is 3.67. The van der Waals surface area contributed by atoms with E-state index in [-0.39, 0.29) is 36.4 Å². The molecule has 2 aromatic heterocycles. The summed E-state index contributed by atoms with van der Waals surface area (Å²) in [7, 11) is 0. The summed E-state index contributed by atoms with van der Waals surface area (Å²) in [4.78, 5) is 19.0. The topological polar surface area (TPSA) is 68.0 Å². The van der Waals surface area contributed by atoms with Gasteiger partial charge < -0.3 is 9.73 Å². The highest BCUT2D eigenvalue weighted by Gasteiger charge is 2.07. The minimum Gasteiger partial charge on any atom is -0.451 e. The molecule has 0 unspecified atom stereocenters. The highest BCUT2D eigenvalue weighted by Crippen LogP contribution is 1.97. The molecule has 2 heterocycles. The maximum absolute atomic E-state index is 11.4. The van der Waals surface area contributed by atoms with Crippen LogP contribution in [0.5, 0.6) is 0 Å². The second-order valence-corrected chi connectivity index (χ2v) is 2.91. The fourth-order valence-corrected chi connectivity index (χ4v) is 1.10. The third kappa shape index (κ3) is 4.42. The number of amides is 1. The van der Waals surface area contributed by atoms with E-state index >= 15 is 0 Å². The second kappa shape index (κ2) is 7.65. The molecule has 0 saturated carbocycles. The molecule has 7 heteroatoms. The molecule has 2 rings (SSSR count). The van der Waals surface area contributed by atoms with Crippen LogP contribution in [-0.2, 0) is 6.54 Å². The van der Waals surface area contributed by atoms with Crippen LogP contribution in [0.2, 0.25) is 0 Å². The SMILES string of the molecule is Cl.Cl.O=C(NCc1ccncc1)c1cocn1. The Morgan fingerprint density at radius 3 is 2.59 bits per heavy atom. The Balaban J connectivity index is 0.00000128. The van der Waals surface area contributed by atoms with Crippen LogP contribution in [0.25, 0.3) is 0 Å². The van der Waals surface area contributed by atoms with Crippen molar-refractivity contribution in [1.29, 1.82) is 0 Å². The van der Waals surface area contributed by atoms with E-state index in [0.29, 0.717) is 6.54 Å². The molecule has 1 N–H and O–H groups in total. The Bertz CT molecular complexity index is 434. The first-order valence-electron chi connectivity index (χ1n) is 4.41. The molecule has 0 fully saturated rings. The minimum atomic E-state index is -0.249. The molecular formula is C10H11Cl2N3O2. The van der Waals surface area contributed by atoms with Gasteiger partial charge in [-0.15, -0.1) is 24.8 Å². The number of carbonyl (C=O) groups excluding carboxylic acids is 1. The average Bonchev–Trinajstić information content (AvgIpc) is 2.81. The van der Waals surface area contributed by atoms with Gasteiger partial charge in [-0.2, -0.15) is 0 Å². The molecule has 0 aliphatic rings. The fourth-order valence-electron chi connectivity index (χ4n) is 1.10. The number of rotatable bonds is 3. The lowest BCUT2D eigenvalue weighted by Gasteiger charge is -2.01. The molecule has 0 atom stereocenters. The summed E-state index contributed by atoms with van der Waals surface area (Å²) in [5, 5.41) is 2.71. The number of hydrogen-bond acceptors (Lipinski definition) is 4. The molecule has 0 bridgehead atoms. The highest BCUT2D eigenvalue weighted by molar-refractivity contribution is 5.91. The maximum Gasteiger partial charge on any atom is 0.273 e. The van der Waals surface area contributed by atoms with Gasteiger partial charge >= 0.3 is 0 Å². The smallest absolute Gasteiger partial charge is 0.273 e. The van der Waals surface area contributed by atoms with Crippen molar-refractivity contribution >= 4 is 30.7 Å². The Labute approximate surface area is 110 Å². The molecule has 0 spiro atoms. The first kappa shape index (κ1) is 15.4. The van der Waals surface area contributed by atoms with Crippen molar-refractivity contribution in [3.05, 3.63) is 48.4 Å². The van der Waals surface area contributed by atoms with Gasteiger partial charge in [-0.1, -0.05) is 0 Å². The van der Waals surface area contributed by atoms with E-state index in [1.807, 2.05) is 12.1 Å². The molecule has 2 aromatic rings. The van der Waals surface area contributed by atoms with E-state index in [1.54, 1.807) is 12.4 Å². The van der Waals surface area contributed by atoms with Crippen LogP contribution in [0.3, 0.4) is 0 Å². The molecule has 1 amide bonds. The Hall–Kier alpha value is -1.59. The molecule has 0 radical (unpaired) electrons. The molecular weight excluding hydrogens is 265 g/mol. The molecule has 5 nitrogen and oxygen atoms in total. The van der Waals surface area contributed by atoms with Crippen LogP contribution in [0.4, 0.5) is 0 Å². The second-order valence-electron chi connectivity index (χ2n) is 2.91. The normalized spacial score (nSPS) is 8.71. The van der Waals surface area contributed by atoms with Crippen LogP contribution in [0, 0.1) is 0 Å². The van der Waals surface area contributed by atoms with Crippen molar-refractivity contribution in [2.45, 2.75) is 6.54 Å². The van der Waals surface area contributed by atoms with E-state index in [1.165, 1.54) is 12.7 Å². The Morgan fingerprint density at radius 2 is 2.00 bits per heavy atom. The summed E-state index contributed by atoms with van der Waals surface area (Å²) in [6.45, 7) is 0.453. The van der Waals surface area contributed by atoms with Gasteiger partial charge in [-0.3, -0.25) is 9.78 Å². The molecule has 0 aliphatic heterocycles. The number of nitrogens with zero attached hydrogens (tertiary/aromatic N) is 2. The number of nitrogens with one attached hydrogen (secondary N) is 1. The zero-order valence-electron chi connectivity index (χ0n) is 8.70. The van der Waals surface area contributed by atoms with Gasteiger partial charge in [0.25, 0.3) is 5.91 Å². The summed E-state index contributed by atoms with van der Waals surface area (Å²) < 4.78 is 4.71. The van der Waals surface area contributed by atoms with Crippen LogP contribution < -0.4 is 5.32 Å². The van der Waals surface area contributed by atoms with Gasteiger partial charge in [0.2, 0.25) is 0 Å². The van der Waals surface area contributed by atoms with Gasteiger partial charge in [0.05, 0.1) is 0 Å². The zero-order valence-corrected chi connectivity index (χ0v) is 10.3. The predicted octanol–water partition coefficient (Wildman–Crippen LogP) is 1.84. The predicted molar refractivity (Wildman–Crippen MR) is 66.4 cm³/mol. The molecule has 0 aromatic carbocycles. The first-order valence-corrected chi connectivity index (χ1v) is 4.41. The van der Waals surface area contributed by atoms with Gasteiger partial charge in [0.1, 0.15) is 6.26 Å². The first-order chi connectivity index (χ1) is 7.36. The number of pyridine rings is 1. The van der Waals surface area contributed by atoms with Crippen LogP contribution in [0.15, 0.2) is 41.6 Å². The highest BCUT2D eigenvalue weighted by atomic mass is 35.5. The van der Waals surface area contributed by atoms with Gasteiger partial charge in [-0.05, 0) is 17.7 Å². The van der Waals surface area contributed by atoms with Crippen molar-refractivity contribution in [3.8, 4) is 0 Å². The van der Waals surface area contributed by atoms with E-state index in [0.717, 1.165) is 5.56 Å². The molecule has 17 heavy (non-hydrogen) atoms. The van der Waals surface area contributed by atoms with Crippen LogP contribution in [-0.4, -0.2) is 15.9 Å². The Kier molecular flexibility index (Phi) is 6.93. The lowest BCUT2D eigenvalue weighted by Crippen LogP contribution is -2.22. The van der Waals surface area contributed by atoms with Gasteiger partial charge in [0.15, 0.2) is 12.1 Å². The average molecular weight is 276 g/mol. The number of hydrogen-bond donors (Lipinski definition) is 1. The van der Waals surface area contributed by atoms with E-state index in [2.05, 4.69) is 15.3 Å². The molecule has 0 saturated heterocycles. The summed E-state index contributed by atoms with van der Waals surface area (Å²) in [5.41, 5.74) is 1.27. The van der Waals surface area contributed by atoms with E-state index in [9.17, 15) is 4.79 Å². The van der Waals surface area contributed by atoms with Crippen molar-refractivity contribution in [2.75, 3.05) is 0 Å². The summed E-state index contributed by atoms with van der Waals surface area (Å²) >= 11 is 0. The number of carbonyl (C=O) groups is 1.